The normalized spacial score (nSPS) is 17.3. The molecule has 152 valence electrons. The third-order valence-electron chi connectivity index (χ3n) is 5.07. The van der Waals surface area contributed by atoms with Crippen molar-refractivity contribution in [3.63, 3.8) is 0 Å². The van der Waals surface area contributed by atoms with Crippen LogP contribution in [0.5, 0.6) is 5.75 Å². The Labute approximate surface area is 164 Å². The number of carbonyl (C=O) groups is 1. The first-order chi connectivity index (χ1) is 13.1. The Bertz CT molecular complexity index is 555. The highest BCUT2D eigenvalue weighted by molar-refractivity contribution is 5.97. The maximum atomic E-state index is 12.7. The Morgan fingerprint density at radius 1 is 1.07 bits per heavy atom. The van der Waals surface area contributed by atoms with Crippen molar-refractivity contribution < 1.29 is 14.3 Å². The summed E-state index contributed by atoms with van der Waals surface area (Å²) in [6, 6.07) is 7.60. The smallest absolute Gasteiger partial charge is 0.256 e. The van der Waals surface area contributed by atoms with Gasteiger partial charge in [-0.2, -0.15) is 0 Å². The minimum atomic E-state index is -0.783. The van der Waals surface area contributed by atoms with Crippen molar-refractivity contribution in [1.82, 2.24) is 4.90 Å². The molecule has 1 aromatic rings. The van der Waals surface area contributed by atoms with E-state index in [-0.39, 0.29) is 5.91 Å². The van der Waals surface area contributed by atoms with Crippen LogP contribution in [0, 0.1) is 0 Å². The van der Waals surface area contributed by atoms with Gasteiger partial charge < -0.3 is 14.8 Å². The summed E-state index contributed by atoms with van der Waals surface area (Å²) in [6.07, 6.45) is 6.45. The number of carbonyl (C=O) groups excluding carboxylic acids is 1. The molecule has 0 spiro atoms. The highest BCUT2D eigenvalue weighted by atomic mass is 16.5. The van der Waals surface area contributed by atoms with Crippen LogP contribution in [0.4, 0.5) is 5.69 Å². The topological polar surface area (TPSA) is 50.8 Å². The second-order valence-electron chi connectivity index (χ2n) is 7.56. The van der Waals surface area contributed by atoms with Crippen LogP contribution in [-0.4, -0.2) is 49.3 Å². The molecule has 0 radical (unpaired) electrons. The van der Waals surface area contributed by atoms with Crippen LogP contribution in [-0.2, 0) is 9.53 Å². The summed E-state index contributed by atoms with van der Waals surface area (Å²) in [5.41, 5.74) is -0.0141. The largest absolute Gasteiger partial charge is 0.492 e. The lowest BCUT2D eigenvalue weighted by Crippen LogP contribution is -2.43. The van der Waals surface area contributed by atoms with Gasteiger partial charge >= 0.3 is 0 Å². The molecule has 1 atom stereocenters. The molecule has 1 N–H and O–H groups in total. The Balaban J connectivity index is 1.81. The number of likely N-dealkylation sites (tertiary alicyclic amines) is 1. The fraction of sp³-hybridized carbons (Fsp3) is 0.682. The Kier molecular flexibility index (Phi) is 9.08. The first-order valence-corrected chi connectivity index (χ1v) is 10.5. The summed E-state index contributed by atoms with van der Waals surface area (Å²) in [5, 5.41) is 2.98. The van der Waals surface area contributed by atoms with E-state index in [2.05, 4.69) is 17.1 Å². The molecule has 0 saturated carbocycles. The van der Waals surface area contributed by atoms with Gasteiger partial charge in [0.2, 0.25) is 0 Å². The maximum absolute atomic E-state index is 12.7. The number of benzene rings is 1. The summed E-state index contributed by atoms with van der Waals surface area (Å²) >= 11 is 0. The van der Waals surface area contributed by atoms with E-state index in [1.165, 1.54) is 32.4 Å². The molecule has 5 heteroatoms. The van der Waals surface area contributed by atoms with Gasteiger partial charge in [-0.15, -0.1) is 0 Å². The first-order valence-electron chi connectivity index (χ1n) is 10.5. The zero-order valence-electron chi connectivity index (χ0n) is 17.3. The quantitative estimate of drug-likeness (QED) is 0.619. The summed E-state index contributed by atoms with van der Waals surface area (Å²) in [4.78, 5) is 15.2. The summed E-state index contributed by atoms with van der Waals surface area (Å²) in [5.74, 6) is 0.750. The van der Waals surface area contributed by atoms with E-state index in [0.717, 1.165) is 30.8 Å². The molecule has 1 aliphatic rings. The van der Waals surface area contributed by atoms with E-state index in [1.54, 1.807) is 0 Å². The van der Waals surface area contributed by atoms with Crippen molar-refractivity contribution in [3.05, 3.63) is 24.3 Å². The van der Waals surface area contributed by atoms with Gasteiger partial charge in [0.25, 0.3) is 5.91 Å². The van der Waals surface area contributed by atoms with Crippen molar-refractivity contribution >= 4 is 11.6 Å². The Hall–Kier alpha value is -1.59. The minimum Gasteiger partial charge on any atom is -0.492 e. The molecule has 0 aromatic heterocycles. The summed E-state index contributed by atoms with van der Waals surface area (Å²) in [7, 11) is 0. The Morgan fingerprint density at radius 2 is 1.78 bits per heavy atom. The van der Waals surface area contributed by atoms with Crippen molar-refractivity contribution in [2.24, 2.45) is 0 Å². The Morgan fingerprint density at radius 3 is 2.41 bits per heavy atom. The monoisotopic (exact) mass is 376 g/mol. The number of hydrogen-bond acceptors (Lipinski definition) is 4. The second kappa shape index (κ2) is 11.3. The SMILES string of the molecule is CCCOC(C)(CCC)C(=O)Nc1ccc(OCCN2CCCCC2)cc1. The molecule has 1 saturated heterocycles. The molecule has 5 nitrogen and oxygen atoms in total. The van der Waals surface area contributed by atoms with E-state index < -0.39 is 5.60 Å². The van der Waals surface area contributed by atoms with Gasteiger partial charge in [-0.1, -0.05) is 26.7 Å². The molecule has 1 heterocycles. The average molecular weight is 377 g/mol. The standard InChI is InChI=1S/C22H36N2O3/c1-4-13-22(3,27-17-5-2)21(25)23-19-9-11-20(12-10-19)26-18-16-24-14-7-6-8-15-24/h9-12H,4-8,13-18H2,1-3H3,(H,23,25). The molecule has 2 rings (SSSR count). The van der Waals surface area contributed by atoms with E-state index in [4.69, 9.17) is 9.47 Å². The van der Waals surface area contributed by atoms with Crippen molar-refractivity contribution in [1.29, 1.82) is 0 Å². The van der Waals surface area contributed by atoms with E-state index in [9.17, 15) is 4.79 Å². The average Bonchev–Trinajstić information content (AvgIpc) is 2.69. The van der Waals surface area contributed by atoms with Crippen molar-refractivity contribution in [3.8, 4) is 5.75 Å². The number of ether oxygens (including phenoxy) is 2. The van der Waals surface area contributed by atoms with Crippen LogP contribution in [0.1, 0.15) is 59.3 Å². The molecule has 0 aliphatic carbocycles. The van der Waals surface area contributed by atoms with E-state index in [0.29, 0.717) is 19.6 Å². The van der Waals surface area contributed by atoms with Gasteiger partial charge in [0.15, 0.2) is 0 Å². The van der Waals surface area contributed by atoms with Gasteiger partial charge in [-0.25, -0.2) is 0 Å². The number of hydrogen-bond donors (Lipinski definition) is 1. The van der Waals surface area contributed by atoms with Gasteiger partial charge in [-0.05, 0) is 70.0 Å². The van der Waals surface area contributed by atoms with Crippen molar-refractivity contribution in [2.45, 2.75) is 64.9 Å². The zero-order chi connectivity index (χ0) is 19.5. The molecule has 1 aromatic carbocycles. The number of piperidine rings is 1. The van der Waals surface area contributed by atoms with Crippen molar-refractivity contribution in [2.75, 3.05) is 38.2 Å². The van der Waals surface area contributed by atoms with Crippen LogP contribution in [0.2, 0.25) is 0 Å². The summed E-state index contributed by atoms with van der Waals surface area (Å²) in [6.45, 7) is 10.6. The molecule has 1 fully saturated rings. The molecule has 27 heavy (non-hydrogen) atoms. The first kappa shape index (κ1) is 21.7. The van der Waals surface area contributed by atoms with Crippen LogP contribution < -0.4 is 10.1 Å². The fourth-order valence-corrected chi connectivity index (χ4v) is 3.43. The number of nitrogens with zero attached hydrogens (tertiary/aromatic N) is 1. The second-order valence-corrected chi connectivity index (χ2v) is 7.56. The van der Waals surface area contributed by atoms with Crippen LogP contribution in [0.25, 0.3) is 0 Å². The molecular formula is C22H36N2O3. The third kappa shape index (κ3) is 7.15. The van der Waals surface area contributed by atoms with Crippen LogP contribution in [0.3, 0.4) is 0 Å². The third-order valence-corrected chi connectivity index (χ3v) is 5.07. The van der Waals surface area contributed by atoms with Crippen LogP contribution >= 0.6 is 0 Å². The lowest BCUT2D eigenvalue weighted by Gasteiger charge is -2.28. The van der Waals surface area contributed by atoms with Gasteiger partial charge in [-0.3, -0.25) is 9.69 Å². The van der Waals surface area contributed by atoms with Gasteiger partial charge in [0.05, 0.1) is 0 Å². The van der Waals surface area contributed by atoms with E-state index >= 15 is 0 Å². The molecule has 0 bridgehead atoms. The molecular weight excluding hydrogens is 340 g/mol. The minimum absolute atomic E-state index is 0.0865. The predicted octanol–water partition coefficient (Wildman–Crippen LogP) is 4.48. The highest BCUT2D eigenvalue weighted by Crippen LogP contribution is 2.22. The fourth-order valence-electron chi connectivity index (χ4n) is 3.43. The lowest BCUT2D eigenvalue weighted by atomic mass is 9.99. The zero-order valence-corrected chi connectivity index (χ0v) is 17.3. The van der Waals surface area contributed by atoms with Crippen LogP contribution in [0.15, 0.2) is 24.3 Å². The molecule has 1 aliphatic heterocycles. The van der Waals surface area contributed by atoms with Gasteiger partial charge in [0.1, 0.15) is 18.0 Å². The predicted molar refractivity (Wildman–Crippen MR) is 110 cm³/mol. The number of nitrogens with one attached hydrogen (secondary N) is 1. The number of amides is 1. The highest BCUT2D eigenvalue weighted by Gasteiger charge is 2.33. The van der Waals surface area contributed by atoms with E-state index in [1.807, 2.05) is 38.1 Å². The molecule has 1 unspecified atom stereocenters. The summed E-state index contributed by atoms with van der Waals surface area (Å²) < 4.78 is 11.7. The van der Waals surface area contributed by atoms with Gasteiger partial charge in [0, 0.05) is 18.8 Å². The number of anilines is 1. The number of rotatable bonds is 11. The maximum Gasteiger partial charge on any atom is 0.256 e. The molecule has 1 amide bonds. The lowest BCUT2D eigenvalue weighted by molar-refractivity contribution is -0.140.